The van der Waals surface area contributed by atoms with E-state index >= 15 is 0 Å². The third kappa shape index (κ3) is 33.7. The maximum absolute atomic E-state index is 12.6. The molecule has 0 radical (unpaired) electrons. The number of carbonyl (C=O) groups excluding carboxylic acids is 3. The van der Waals surface area contributed by atoms with E-state index in [4.69, 9.17) is 14.2 Å². The van der Waals surface area contributed by atoms with E-state index in [1.165, 1.54) is 25.7 Å². The van der Waals surface area contributed by atoms with Gasteiger partial charge >= 0.3 is 17.9 Å². The summed E-state index contributed by atoms with van der Waals surface area (Å²) in [6.45, 7) is 20.2. The summed E-state index contributed by atoms with van der Waals surface area (Å²) in [5.74, 6) is 3.89. The zero-order valence-corrected chi connectivity index (χ0v) is 37.5. The Hall–Kier alpha value is -1.63. The lowest BCUT2D eigenvalue weighted by molar-refractivity contribution is -0.150. The number of esters is 3. The molecule has 0 rings (SSSR count). The molecule has 320 valence electrons. The van der Waals surface area contributed by atoms with Gasteiger partial charge in [-0.3, -0.25) is 14.4 Å². The van der Waals surface area contributed by atoms with Crippen LogP contribution in [0.5, 0.6) is 0 Å². The summed E-state index contributed by atoms with van der Waals surface area (Å²) in [7, 11) is 4.06. The van der Waals surface area contributed by atoms with Gasteiger partial charge in [0.15, 0.2) is 0 Å². The summed E-state index contributed by atoms with van der Waals surface area (Å²) in [4.78, 5) is 39.3. The van der Waals surface area contributed by atoms with E-state index in [1.54, 1.807) is 0 Å². The van der Waals surface area contributed by atoms with E-state index in [-0.39, 0.29) is 24.0 Å². The number of hydrogen-bond donors (Lipinski definition) is 0. The van der Waals surface area contributed by atoms with Crippen molar-refractivity contribution in [3.8, 4) is 0 Å². The van der Waals surface area contributed by atoms with Crippen LogP contribution in [-0.2, 0) is 28.6 Å². The van der Waals surface area contributed by atoms with Crippen LogP contribution in [0.25, 0.3) is 0 Å². The Morgan fingerprint density at radius 1 is 0.426 bits per heavy atom. The first-order valence-corrected chi connectivity index (χ1v) is 22.9. The second kappa shape index (κ2) is 34.6. The highest BCUT2D eigenvalue weighted by molar-refractivity contribution is 5.70. The Bertz CT molecular complexity index is 901. The molecule has 0 aromatic rings. The average Bonchev–Trinajstić information content (AvgIpc) is 3.09. The fraction of sp³-hybridized carbons (Fsp3) is 0.936. The summed E-state index contributed by atoms with van der Waals surface area (Å²) >= 11 is 0. The number of nitrogens with zero attached hydrogens (tertiary/aromatic N) is 1. The number of hydrogen-bond acceptors (Lipinski definition) is 7. The predicted octanol–water partition coefficient (Wildman–Crippen LogP) is 12.8. The number of unbranched alkanes of at least 4 members (excludes halogenated alkanes) is 9. The van der Waals surface area contributed by atoms with Crippen LogP contribution in [0.2, 0.25) is 0 Å². The first kappa shape index (κ1) is 52.4. The van der Waals surface area contributed by atoms with Crippen molar-refractivity contribution in [2.24, 2.45) is 35.5 Å². The molecule has 0 saturated heterocycles. The maximum Gasteiger partial charge on any atom is 0.306 e. The van der Waals surface area contributed by atoms with Gasteiger partial charge < -0.3 is 19.1 Å². The van der Waals surface area contributed by atoms with E-state index < -0.39 is 0 Å². The molecule has 54 heavy (non-hydrogen) atoms. The summed E-state index contributed by atoms with van der Waals surface area (Å²) < 4.78 is 17.1. The molecule has 0 aliphatic heterocycles. The van der Waals surface area contributed by atoms with E-state index in [1.807, 2.05) is 14.1 Å². The lowest BCUT2D eigenvalue weighted by Gasteiger charge is -2.21. The minimum atomic E-state index is -0.0690. The van der Waals surface area contributed by atoms with Crippen molar-refractivity contribution in [2.45, 2.75) is 216 Å². The van der Waals surface area contributed by atoms with E-state index in [0.29, 0.717) is 56.1 Å². The highest BCUT2D eigenvalue weighted by atomic mass is 16.5. The monoisotopic (exact) mass is 766 g/mol. The van der Waals surface area contributed by atoms with Gasteiger partial charge in [-0.1, -0.05) is 113 Å². The zero-order valence-electron chi connectivity index (χ0n) is 37.5. The summed E-state index contributed by atoms with van der Waals surface area (Å²) in [6.07, 6.45) is 23.8. The van der Waals surface area contributed by atoms with Gasteiger partial charge in [-0.15, -0.1) is 0 Å². The van der Waals surface area contributed by atoms with Crippen LogP contribution in [0.15, 0.2) is 0 Å². The van der Waals surface area contributed by atoms with Crippen molar-refractivity contribution < 1.29 is 28.6 Å². The molecule has 0 spiro atoms. The number of rotatable bonds is 37. The molecule has 0 heterocycles. The van der Waals surface area contributed by atoms with Gasteiger partial charge in [-0.25, -0.2) is 0 Å². The van der Waals surface area contributed by atoms with Crippen LogP contribution in [0, 0.1) is 35.5 Å². The predicted molar refractivity (Wildman–Crippen MR) is 227 cm³/mol. The molecule has 0 aliphatic rings. The SMILES string of the molecule is CC(C)CCC(CCCOC(=O)CCCCCCCC(CCCCCCCCOC(=O)CCC(CCC(C)C)C(C)C)OC(=O)CCCN(C)C)C(C)C. The van der Waals surface area contributed by atoms with Crippen molar-refractivity contribution >= 4 is 17.9 Å². The average molecular weight is 766 g/mol. The van der Waals surface area contributed by atoms with Gasteiger partial charge in [0.05, 0.1) is 13.2 Å². The topological polar surface area (TPSA) is 82.1 Å². The van der Waals surface area contributed by atoms with Gasteiger partial charge in [0.1, 0.15) is 6.10 Å². The molecular weight excluding hydrogens is 675 g/mol. The molecule has 0 saturated carbocycles. The summed E-state index contributed by atoms with van der Waals surface area (Å²) in [6, 6.07) is 0. The van der Waals surface area contributed by atoms with Crippen molar-refractivity contribution in [1.82, 2.24) is 4.90 Å². The Labute approximate surface area is 335 Å². The van der Waals surface area contributed by atoms with Crippen molar-refractivity contribution in [3.63, 3.8) is 0 Å². The molecule has 3 unspecified atom stereocenters. The summed E-state index contributed by atoms with van der Waals surface area (Å²) in [5, 5.41) is 0. The molecule has 0 aromatic heterocycles. The highest BCUT2D eigenvalue weighted by Gasteiger charge is 2.18. The Balaban J connectivity index is 4.25. The standard InChI is InChI=1S/C47H91NO6/c1-38(2)29-31-42(40(5)6)24-23-37-53-45(49)27-20-16-13-15-19-26-44(54-47(51)28-22-35-48(9)10)25-18-14-11-12-17-21-36-52-46(50)34-33-43(41(7)8)32-30-39(3)4/h38-44H,11-37H2,1-10H3. The van der Waals surface area contributed by atoms with E-state index in [0.717, 1.165) is 128 Å². The largest absolute Gasteiger partial charge is 0.466 e. The Kier molecular flexibility index (Phi) is 33.6. The van der Waals surface area contributed by atoms with Crippen LogP contribution >= 0.6 is 0 Å². The quantitative estimate of drug-likeness (QED) is 0.0354. The normalized spacial score (nSPS) is 13.6. The van der Waals surface area contributed by atoms with Crippen LogP contribution < -0.4 is 0 Å². The molecule has 0 fully saturated rings. The minimum Gasteiger partial charge on any atom is -0.466 e. The van der Waals surface area contributed by atoms with E-state index in [2.05, 4.69) is 60.3 Å². The molecule has 0 aliphatic carbocycles. The Morgan fingerprint density at radius 2 is 0.870 bits per heavy atom. The number of carbonyl (C=O) groups is 3. The van der Waals surface area contributed by atoms with Gasteiger partial charge in [0, 0.05) is 19.3 Å². The van der Waals surface area contributed by atoms with Crippen LogP contribution in [-0.4, -0.2) is 62.8 Å². The van der Waals surface area contributed by atoms with Crippen molar-refractivity contribution in [1.29, 1.82) is 0 Å². The Morgan fingerprint density at radius 3 is 1.39 bits per heavy atom. The van der Waals surface area contributed by atoms with Gasteiger partial charge in [0.2, 0.25) is 0 Å². The third-order valence-electron chi connectivity index (χ3n) is 11.2. The van der Waals surface area contributed by atoms with Gasteiger partial charge in [0.25, 0.3) is 0 Å². The lowest BCUT2D eigenvalue weighted by Crippen LogP contribution is -2.20. The smallest absolute Gasteiger partial charge is 0.306 e. The maximum atomic E-state index is 12.6. The second-order valence-electron chi connectivity index (χ2n) is 18.3. The molecule has 7 nitrogen and oxygen atoms in total. The van der Waals surface area contributed by atoms with Crippen molar-refractivity contribution in [3.05, 3.63) is 0 Å². The number of ether oxygens (including phenoxy) is 3. The molecule has 0 bridgehead atoms. The van der Waals surface area contributed by atoms with Crippen molar-refractivity contribution in [2.75, 3.05) is 33.9 Å². The minimum absolute atomic E-state index is 0.00687. The molecular formula is C47H91NO6. The second-order valence-corrected chi connectivity index (χ2v) is 18.3. The zero-order chi connectivity index (χ0) is 40.6. The van der Waals surface area contributed by atoms with Gasteiger partial charge in [-0.05, 0) is 133 Å². The molecule has 3 atom stereocenters. The first-order valence-electron chi connectivity index (χ1n) is 22.9. The fourth-order valence-electron chi connectivity index (χ4n) is 7.28. The third-order valence-corrected chi connectivity index (χ3v) is 11.2. The first-order chi connectivity index (χ1) is 25.7. The van der Waals surface area contributed by atoms with Crippen LogP contribution in [0.4, 0.5) is 0 Å². The van der Waals surface area contributed by atoms with E-state index in [9.17, 15) is 14.4 Å². The fourth-order valence-corrected chi connectivity index (χ4v) is 7.28. The molecule has 7 heteroatoms. The molecule has 0 amide bonds. The van der Waals surface area contributed by atoms with Gasteiger partial charge in [-0.2, -0.15) is 0 Å². The van der Waals surface area contributed by atoms with Crippen LogP contribution in [0.1, 0.15) is 209 Å². The lowest BCUT2D eigenvalue weighted by atomic mass is 9.85. The molecule has 0 N–H and O–H groups in total. The molecule has 0 aromatic carbocycles. The van der Waals surface area contributed by atoms with Crippen LogP contribution in [0.3, 0.4) is 0 Å². The highest BCUT2D eigenvalue weighted by Crippen LogP contribution is 2.26. The summed E-state index contributed by atoms with van der Waals surface area (Å²) in [5.41, 5.74) is 0.